The van der Waals surface area contributed by atoms with Gasteiger partial charge in [-0.25, -0.2) is 0 Å². The van der Waals surface area contributed by atoms with E-state index in [1.54, 1.807) is 6.92 Å². The highest BCUT2D eigenvalue weighted by atomic mass is 32.2. The molecule has 22 heavy (non-hydrogen) atoms. The molecule has 0 saturated carbocycles. The molecule has 1 unspecified atom stereocenters. The Hall–Kier alpha value is -0.910. The molecule has 1 atom stereocenters. The Bertz CT molecular complexity index is 374. The second-order valence-electron chi connectivity index (χ2n) is 6.18. The van der Waals surface area contributed by atoms with E-state index >= 15 is 0 Å². The van der Waals surface area contributed by atoms with Crippen LogP contribution in [0.2, 0.25) is 0 Å². The number of nitrogens with one attached hydrogen (secondary N) is 2. The predicted molar refractivity (Wildman–Crippen MR) is 94.4 cm³/mol. The highest BCUT2D eigenvalue weighted by Gasteiger charge is 2.20. The van der Waals surface area contributed by atoms with Crippen molar-refractivity contribution in [2.24, 2.45) is 10.9 Å². The summed E-state index contributed by atoms with van der Waals surface area (Å²) in [7, 11) is 0. The number of carbonyl (C=O) groups is 1. The first-order valence-electron chi connectivity index (χ1n) is 8.58. The molecule has 5 nitrogen and oxygen atoms in total. The summed E-state index contributed by atoms with van der Waals surface area (Å²) in [5.41, 5.74) is 0. The number of piperidine rings is 1. The van der Waals surface area contributed by atoms with Crippen molar-refractivity contribution < 1.29 is 4.79 Å². The van der Waals surface area contributed by atoms with E-state index in [9.17, 15) is 4.79 Å². The van der Waals surface area contributed by atoms with Crippen molar-refractivity contribution in [3.63, 3.8) is 0 Å². The van der Waals surface area contributed by atoms with Crippen LogP contribution in [0, 0.1) is 5.92 Å². The van der Waals surface area contributed by atoms with E-state index in [1.165, 1.54) is 18.6 Å². The zero-order valence-corrected chi connectivity index (χ0v) is 14.8. The van der Waals surface area contributed by atoms with E-state index in [-0.39, 0.29) is 5.91 Å². The van der Waals surface area contributed by atoms with Gasteiger partial charge in [-0.2, -0.15) is 11.8 Å². The van der Waals surface area contributed by atoms with Crippen LogP contribution in [0.5, 0.6) is 0 Å². The molecule has 0 bridgehead atoms. The highest BCUT2D eigenvalue weighted by molar-refractivity contribution is 8.00. The Morgan fingerprint density at radius 1 is 1.27 bits per heavy atom. The molecule has 2 aliphatic heterocycles. The lowest BCUT2D eigenvalue weighted by atomic mass is 9.97. The molecule has 0 radical (unpaired) electrons. The number of amides is 1. The van der Waals surface area contributed by atoms with E-state index in [0.29, 0.717) is 5.92 Å². The minimum absolute atomic E-state index is 0.200. The van der Waals surface area contributed by atoms with E-state index in [1.807, 2.05) is 4.90 Å². The fraction of sp³-hybridized carbons (Fsp3) is 0.875. The van der Waals surface area contributed by atoms with Crippen molar-refractivity contribution in [3.05, 3.63) is 0 Å². The van der Waals surface area contributed by atoms with Crippen LogP contribution in [-0.4, -0.2) is 60.5 Å². The molecule has 6 heteroatoms. The Morgan fingerprint density at radius 2 is 2.05 bits per heavy atom. The van der Waals surface area contributed by atoms with Gasteiger partial charge in [-0.1, -0.05) is 0 Å². The number of aliphatic imine (C=N–C) groups is 1. The molecule has 1 amide bonds. The Morgan fingerprint density at radius 3 is 2.64 bits per heavy atom. The summed E-state index contributed by atoms with van der Waals surface area (Å²) in [5.74, 6) is 3.05. The molecule has 0 aliphatic carbocycles. The van der Waals surface area contributed by atoms with Gasteiger partial charge >= 0.3 is 0 Å². The van der Waals surface area contributed by atoms with Crippen molar-refractivity contribution in [1.82, 2.24) is 15.5 Å². The third-order valence-corrected chi connectivity index (χ3v) is 5.83. The number of nitrogens with zero attached hydrogens (tertiary/aromatic N) is 2. The average molecular weight is 327 g/mol. The van der Waals surface area contributed by atoms with Gasteiger partial charge in [0.1, 0.15) is 0 Å². The average Bonchev–Trinajstić information content (AvgIpc) is 3.04. The van der Waals surface area contributed by atoms with Gasteiger partial charge in [0.15, 0.2) is 5.96 Å². The Balaban J connectivity index is 1.73. The van der Waals surface area contributed by atoms with Gasteiger partial charge in [-0.15, -0.1) is 0 Å². The van der Waals surface area contributed by atoms with Crippen molar-refractivity contribution in [2.45, 2.75) is 44.8 Å². The summed E-state index contributed by atoms with van der Waals surface area (Å²) < 4.78 is 0. The SMILES string of the molecule is CCNC(=NCC1CCN(C(C)=O)CC1)NCC1CCCS1. The highest BCUT2D eigenvalue weighted by Crippen LogP contribution is 2.25. The molecule has 0 spiro atoms. The second kappa shape index (κ2) is 9.28. The number of hydrogen-bond donors (Lipinski definition) is 2. The first kappa shape index (κ1) is 17.4. The van der Waals surface area contributed by atoms with Crippen molar-refractivity contribution in [1.29, 1.82) is 0 Å². The molecule has 0 aromatic heterocycles. The minimum Gasteiger partial charge on any atom is -0.357 e. The van der Waals surface area contributed by atoms with Crippen LogP contribution < -0.4 is 10.6 Å². The molecule has 126 valence electrons. The maximum absolute atomic E-state index is 11.3. The zero-order chi connectivity index (χ0) is 15.8. The van der Waals surface area contributed by atoms with E-state index < -0.39 is 0 Å². The van der Waals surface area contributed by atoms with Crippen LogP contribution >= 0.6 is 11.8 Å². The lowest BCUT2D eigenvalue weighted by molar-refractivity contribution is -0.130. The van der Waals surface area contributed by atoms with Crippen molar-refractivity contribution in [3.8, 4) is 0 Å². The summed E-state index contributed by atoms with van der Waals surface area (Å²) in [5, 5.41) is 7.56. The lowest BCUT2D eigenvalue weighted by Gasteiger charge is -2.30. The third-order valence-electron chi connectivity index (χ3n) is 4.43. The normalized spacial score (nSPS) is 23.6. The smallest absolute Gasteiger partial charge is 0.219 e. The van der Waals surface area contributed by atoms with Gasteiger partial charge in [-0.3, -0.25) is 9.79 Å². The van der Waals surface area contributed by atoms with Gasteiger partial charge < -0.3 is 15.5 Å². The molecular formula is C16H30N4OS. The van der Waals surface area contributed by atoms with Crippen LogP contribution in [0.3, 0.4) is 0 Å². The fourth-order valence-corrected chi connectivity index (χ4v) is 4.21. The molecule has 2 rings (SSSR count). The molecule has 2 aliphatic rings. The molecule has 2 fully saturated rings. The molecule has 2 saturated heterocycles. The number of likely N-dealkylation sites (tertiary alicyclic amines) is 1. The van der Waals surface area contributed by atoms with E-state index in [4.69, 9.17) is 4.99 Å². The van der Waals surface area contributed by atoms with Gasteiger partial charge in [0.2, 0.25) is 5.91 Å². The predicted octanol–water partition coefficient (Wildman–Crippen LogP) is 1.70. The summed E-state index contributed by atoms with van der Waals surface area (Å²) in [6.45, 7) is 8.31. The van der Waals surface area contributed by atoms with Crippen LogP contribution in [0.25, 0.3) is 0 Å². The third kappa shape index (κ3) is 5.71. The van der Waals surface area contributed by atoms with Gasteiger partial charge in [0.05, 0.1) is 0 Å². The monoisotopic (exact) mass is 326 g/mol. The summed E-state index contributed by atoms with van der Waals surface area (Å²) in [6, 6.07) is 0. The van der Waals surface area contributed by atoms with E-state index in [0.717, 1.165) is 56.8 Å². The quantitative estimate of drug-likeness (QED) is 0.596. The molecule has 2 N–H and O–H groups in total. The van der Waals surface area contributed by atoms with Crippen LogP contribution in [0.1, 0.15) is 39.5 Å². The lowest BCUT2D eigenvalue weighted by Crippen LogP contribution is -2.41. The van der Waals surface area contributed by atoms with Crippen LogP contribution in [0.4, 0.5) is 0 Å². The summed E-state index contributed by atoms with van der Waals surface area (Å²) >= 11 is 2.07. The Kier molecular flexibility index (Phi) is 7.36. The first-order valence-corrected chi connectivity index (χ1v) is 9.63. The molecular weight excluding hydrogens is 296 g/mol. The number of carbonyl (C=O) groups excluding carboxylic acids is 1. The molecule has 0 aromatic carbocycles. The van der Waals surface area contributed by atoms with Crippen molar-refractivity contribution in [2.75, 3.05) is 38.5 Å². The fourth-order valence-electron chi connectivity index (χ4n) is 3.01. The maximum atomic E-state index is 11.3. The number of thioether (sulfide) groups is 1. The van der Waals surface area contributed by atoms with Gasteiger partial charge in [-0.05, 0) is 44.3 Å². The van der Waals surface area contributed by atoms with E-state index in [2.05, 4.69) is 29.3 Å². The number of rotatable bonds is 5. The Labute approximate surface area is 138 Å². The number of hydrogen-bond acceptors (Lipinski definition) is 3. The molecule has 2 heterocycles. The summed E-state index contributed by atoms with van der Waals surface area (Å²) in [6.07, 6.45) is 4.81. The van der Waals surface area contributed by atoms with Gasteiger partial charge in [0.25, 0.3) is 0 Å². The first-order chi connectivity index (χ1) is 10.7. The minimum atomic E-state index is 0.200. The van der Waals surface area contributed by atoms with Crippen LogP contribution in [-0.2, 0) is 4.79 Å². The van der Waals surface area contributed by atoms with Crippen LogP contribution in [0.15, 0.2) is 4.99 Å². The van der Waals surface area contributed by atoms with Gasteiger partial charge in [0, 0.05) is 44.9 Å². The standard InChI is InChI=1S/C16H30N4OS/c1-3-17-16(19-12-15-5-4-10-22-15)18-11-14-6-8-20(9-7-14)13(2)21/h14-15H,3-12H2,1-2H3,(H2,17,18,19). The topological polar surface area (TPSA) is 56.7 Å². The van der Waals surface area contributed by atoms with Crippen molar-refractivity contribution >= 4 is 23.6 Å². The summed E-state index contributed by atoms with van der Waals surface area (Å²) in [4.78, 5) is 18.0. The number of guanidine groups is 1. The maximum Gasteiger partial charge on any atom is 0.219 e. The largest absolute Gasteiger partial charge is 0.357 e. The second-order valence-corrected chi connectivity index (χ2v) is 7.59. The molecule has 0 aromatic rings. The zero-order valence-electron chi connectivity index (χ0n) is 13.9.